The number of carbonyl (C=O) groups excluding carboxylic acids is 1. The largest absolute Gasteiger partial charge is 0.326 e. The van der Waals surface area contributed by atoms with Crippen LogP contribution in [0.5, 0.6) is 0 Å². The third-order valence-corrected chi connectivity index (χ3v) is 5.68. The minimum Gasteiger partial charge on any atom is -0.326 e. The van der Waals surface area contributed by atoms with Crippen molar-refractivity contribution in [2.45, 2.75) is 47.0 Å². The van der Waals surface area contributed by atoms with E-state index in [9.17, 15) is 4.79 Å². The molecule has 1 heterocycles. The first-order chi connectivity index (χ1) is 15.2. The lowest BCUT2D eigenvalue weighted by molar-refractivity contribution is 0.0977. The number of aromatic nitrogens is 2. The topological polar surface area (TPSA) is 71.3 Å². The van der Waals surface area contributed by atoms with Crippen LogP contribution in [0, 0.1) is 20.8 Å². The zero-order valence-corrected chi connectivity index (χ0v) is 19.9. The molecule has 0 saturated carbocycles. The summed E-state index contributed by atoms with van der Waals surface area (Å²) in [5.74, 6) is 0.709. The number of nitrogens with zero attached hydrogens (tertiary/aromatic N) is 3. The summed E-state index contributed by atoms with van der Waals surface area (Å²) in [6.07, 6.45) is 0.753. The highest BCUT2D eigenvalue weighted by atomic mass is 16.1. The minimum absolute atomic E-state index is 0.191. The summed E-state index contributed by atoms with van der Waals surface area (Å²) in [5, 5.41) is 10.7. The Morgan fingerprint density at radius 2 is 1.69 bits per heavy atom. The van der Waals surface area contributed by atoms with Crippen LogP contribution in [0.15, 0.2) is 53.5 Å². The lowest BCUT2D eigenvalue weighted by Crippen LogP contribution is -2.36. The normalized spacial score (nSPS) is 11.7. The van der Waals surface area contributed by atoms with Crippen molar-refractivity contribution in [1.82, 2.24) is 15.1 Å². The van der Waals surface area contributed by atoms with Crippen LogP contribution in [0.2, 0.25) is 0 Å². The van der Waals surface area contributed by atoms with Gasteiger partial charge >= 0.3 is 0 Å². The molecule has 0 radical (unpaired) electrons. The Kier molecular flexibility index (Phi) is 7.46. The fraction of sp³-hybridized carbons (Fsp3) is 0.346. The lowest BCUT2D eigenvalue weighted by Gasteiger charge is -2.13. The molecule has 6 nitrogen and oxygen atoms in total. The standard InChI is InChI=1S/C26H33N5O/c1-17(2)21-11-13-23(14-12-21)28-26(29-25(32)22-9-7-18(3)8-10-22)27-16-15-24-19(4)30-31(6)20(24)5/h7-14,17H,15-16H2,1-6H3,(H2,27,28,29,32). The van der Waals surface area contributed by atoms with Crippen molar-refractivity contribution in [3.8, 4) is 0 Å². The van der Waals surface area contributed by atoms with E-state index in [2.05, 4.69) is 53.6 Å². The molecule has 3 rings (SSSR count). The number of benzene rings is 2. The number of hydrogen-bond donors (Lipinski definition) is 2. The Morgan fingerprint density at radius 1 is 1.03 bits per heavy atom. The molecule has 0 aliphatic rings. The third kappa shape index (κ3) is 5.84. The Hall–Kier alpha value is -3.41. The monoisotopic (exact) mass is 431 g/mol. The molecule has 0 fully saturated rings. The van der Waals surface area contributed by atoms with Crippen molar-refractivity contribution in [2.24, 2.45) is 12.0 Å². The van der Waals surface area contributed by atoms with Gasteiger partial charge in [-0.05, 0) is 68.5 Å². The summed E-state index contributed by atoms with van der Waals surface area (Å²) >= 11 is 0. The first-order valence-electron chi connectivity index (χ1n) is 11.0. The zero-order valence-electron chi connectivity index (χ0n) is 19.9. The van der Waals surface area contributed by atoms with E-state index < -0.39 is 0 Å². The summed E-state index contributed by atoms with van der Waals surface area (Å²) in [4.78, 5) is 17.5. The zero-order chi connectivity index (χ0) is 23.3. The smallest absolute Gasteiger partial charge is 0.257 e. The highest BCUT2D eigenvalue weighted by Gasteiger charge is 2.12. The van der Waals surface area contributed by atoms with Gasteiger partial charge in [0, 0.05) is 30.5 Å². The van der Waals surface area contributed by atoms with Crippen LogP contribution in [-0.2, 0) is 13.5 Å². The van der Waals surface area contributed by atoms with Crippen LogP contribution in [0.3, 0.4) is 0 Å². The van der Waals surface area contributed by atoms with Gasteiger partial charge in [-0.15, -0.1) is 0 Å². The first-order valence-corrected chi connectivity index (χ1v) is 11.0. The van der Waals surface area contributed by atoms with Gasteiger partial charge in [0.1, 0.15) is 0 Å². The Labute approximate surface area is 190 Å². The minimum atomic E-state index is -0.191. The second kappa shape index (κ2) is 10.3. The van der Waals surface area contributed by atoms with E-state index >= 15 is 0 Å². The number of nitrogens with one attached hydrogen (secondary N) is 2. The molecule has 1 amide bonds. The second-order valence-corrected chi connectivity index (χ2v) is 8.48. The number of aryl methyl sites for hydroxylation is 3. The summed E-state index contributed by atoms with van der Waals surface area (Å²) in [6.45, 7) is 10.9. The molecule has 1 aromatic heterocycles. The summed E-state index contributed by atoms with van der Waals surface area (Å²) in [6, 6.07) is 15.7. The number of guanidine groups is 1. The van der Waals surface area contributed by atoms with E-state index in [0.717, 1.165) is 29.1 Å². The highest BCUT2D eigenvalue weighted by molar-refractivity contribution is 6.09. The quantitative estimate of drug-likeness (QED) is 0.430. The SMILES string of the molecule is Cc1ccc(C(=O)NC(=NCCc2c(C)nn(C)c2C)Nc2ccc(C(C)C)cc2)cc1. The van der Waals surface area contributed by atoms with Crippen LogP contribution in [-0.4, -0.2) is 28.2 Å². The number of anilines is 1. The number of hydrogen-bond acceptors (Lipinski definition) is 3. The molecule has 3 aromatic rings. The van der Waals surface area contributed by atoms with Gasteiger partial charge in [-0.25, -0.2) is 0 Å². The molecular formula is C26H33N5O. The average molecular weight is 432 g/mol. The molecule has 0 aliphatic heterocycles. The maximum absolute atomic E-state index is 12.8. The molecule has 6 heteroatoms. The molecule has 168 valence electrons. The molecule has 0 unspecified atom stereocenters. The van der Waals surface area contributed by atoms with Gasteiger partial charge in [-0.2, -0.15) is 5.10 Å². The van der Waals surface area contributed by atoms with Gasteiger partial charge in [0.05, 0.1) is 5.69 Å². The van der Waals surface area contributed by atoms with E-state index in [4.69, 9.17) is 0 Å². The Bertz CT molecular complexity index is 1090. The molecule has 32 heavy (non-hydrogen) atoms. The predicted molar refractivity (Wildman–Crippen MR) is 131 cm³/mol. The number of aliphatic imine (C=N–C) groups is 1. The fourth-order valence-corrected chi connectivity index (χ4v) is 3.54. The van der Waals surface area contributed by atoms with Gasteiger partial charge in [0.15, 0.2) is 0 Å². The van der Waals surface area contributed by atoms with Crippen molar-refractivity contribution >= 4 is 17.6 Å². The predicted octanol–water partition coefficient (Wildman–Crippen LogP) is 4.91. The maximum atomic E-state index is 12.8. The molecule has 0 saturated heterocycles. The summed E-state index contributed by atoms with van der Waals surface area (Å²) < 4.78 is 1.89. The van der Waals surface area contributed by atoms with E-state index in [1.165, 1.54) is 11.1 Å². The van der Waals surface area contributed by atoms with Crippen molar-refractivity contribution in [3.05, 3.63) is 82.2 Å². The third-order valence-electron chi connectivity index (χ3n) is 5.68. The van der Waals surface area contributed by atoms with Gasteiger partial charge in [-0.3, -0.25) is 19.8 Å². The second-order valence-electron chi connectivity index (χ2n) is 8.48. The molecule has 2 aromatic carbocycles. The van der Waals surface area contributed by atoms with Crippen molar-refractivity contribution in [2.75, 3.05) is 11.9 Å². The van der Waals surface area contributed by atoms with E-state index in [1.807, 2.05) is 62.0 Å². The van der Waals surface area contributed by atoms with Crippen LogP contribution < -0.4 is 10.6 Å². The molecule has 2 N–H and O–H groups in total. The first kappa shape index (κ1) is 23.3. The number of amides is 1. The van der Waals surface area contributed by atoms with Gasteiger partial charge in [-0.1, -0.05) is 43.7 Å². The van der Waals surface area contributed by atoms with Gasteiger partial charge < -0.3 is 5.32 Å². The highest BCUT2D eigenvalue weighted by Crippen LogP contribution is 2.17. The van der Waals surface area contributed by atoms with Crippen LogP contribution >= 0.6 is 0 Å². The fourth-order valence-electron chi connectivity index (χ4n) is 3.54. The number of carbonyl (C=O) groups is 1. The summed E-state index contributed by atoms with van der Waals surface area (Å²) in [7, 11) is 1.95. The molecule has 0 spiro atoms. The van der Waals surface area contributed by atoms with Crippen LogP contribution in [0.4, 0.5) is 5.69 Å². The Balaban J connectivity index is 1.78. The van der Waals surface area contributed by atoms with E-state index in [1.54, 1.807) is 0 Å². The van der Waals surface area contributed by atoms with Crippen LogP contribution in [0.1, 0.15) is 58.2 Å². The molecule has 0 aliphatic carbocycles. The Morgan fingerprint density at radius 3 is 2.25 bits per heavy atom. The molecule has 0 atom stereocenters. The van der Waals surface area contributed by atoms with Crippen molar-refractivity contribution < 1.29 is 4.79 Å². The number of rotatable bonds is 6. The molecular weight excluding hydrogens is 398 g/mol. The lowest BCUT2D eigenvalue weighted by atomic mass is 10.0. The van der Waals surface area contributed by atoms with Gasteiger partial charge in [0.2, 0.25) is 5.96 Å². The molecule has 0 bridgehead atoms. The van der Waals surface area contributed by atoms with Gasteiger partial charge in [0.25, 0.3) is 5.91 Å². The van der Waals surface area contributed by atoms with E-state index in [0.29, 0.717) is 24.0 Å². The van der Waals surface area contributed by atoms with E-state index in [-0.39, 0.29) is 5.91 Å². The summed E-state index contributed by atoms with van der Waals surface area (Å²) in [5.41, 5.74) is 7.20. The average Bonchev–Trinajstić information content (AvgIpc) is 3.00. The van der Waals surface area contributed by atoms with Crippen molar-refractivity contribution in [1.29, 1.82) is 0 Å². The van der Waals surface area contributed by atoms with Crippen molar-refractivity contribution in [3.63, 3.8) is 0 Å². The van der Waals surface area contributed by atoms with Crippen LogP contribution in [0.25, 0.3) is 0 Å². The maximum Gasteiger partial charge on any atom is 0.257 e.